The molecule has 6 heteroatoms. The number of sulfonamides is 1. The van der Waals surface area contributed by atoms with Crippen LogP contribution >= 0.6 is 0 Å². The molecule has 5 nitrogen and oxygen atoms in total. The number of rotatable bonds is 7. The molecule has 0 aliphatic heterocycles. The molecule has 1 heterocycles. The molecule has 0 saturated carbocycles. The summed E-state index contributed by atoms with van der Waals surface area (Å²) in [6.45, 7) is 6.56. The fourth-order valence-electron chi connectivity index (χ4n) is 1.61. The molecule has 0 spiro atoms. The van der Waals surface area contributed by atoms with Crippen molar-refractivity contribution >= 4 is 10.0 Å². The molecule has 0 aliphatic rings. The van der Waals surface area contributed by atoms with Crippen LogP contribution in [0.3, 0.4) is 0 Å². The Morgan fingerprint density at radius 3 is 2.65 bits per heavy atom. The molecular weight excluding hydrogens is 238 g/mol. The van der Waals surface area contributed by atoms with Crippen LogP contribution in [0.25, 0.3) is 0 Å². The Balaban J connectivity index is 2.96. The molecule has 17 heavy (non-hydrogen) atoms. The zero-order chi connectivity index (χ0) is 12.9. The van der Waals surface area contributed by atoms with Gasteiger partial charge in [-0.1, -0.05) is 20.3 Å². The van der Waals surface area contributed by atoms with Crippen molar-refractivity contribution in [2.45, 2.75) is 51.0 Å². The minimum absolute atomic E-state index is 0.0152. The first-order valence-corrected chi connectivity index (χ1v) is 7.48. The second-order valence-corrected chi connectivity index (χ2v) is 6.05. The monoisotopic (exact) mass is 259 g/mol. The number of hydrogen-bond acceptors (Lipinski definition) is 3. The highest BCUT2D eigenvalue weighted by Gasteiger charge is 2.28. The van der Waals surface area contributed by atoms with E-state index in [0.29, 0.717) is 6.54 Å². The van der Waals surface area contributed by atoms with Gasteiger partial charge in [0.2, 0.25) is 10.0 Å². The molecule has 0 bridgehead atoms. The van der Waals surface area contributed by atoms with E-state index in [9.17, 15) is 8.42 Å². The molecule has 1 aromatic rings. The quantitative estimate of drug-likeness (QED) is 0.814. The number of unbranched alkanes of at least 4 members (excludes halogenated alkanes) is 1. The van der Waals surface area contributed by atoms with Crippen LogP contribution in [0.2, 0.25) is 0 Å². The summed E-state index contributed by atoms with van der Waals surface area (Å²) in [6.07, 6.45) is 5.45. The fourth-order valence-corrected chi connectivity index (χ4v) is 3.26. The number of aromatic nitrogens is 2. The van der Waals surface area contributed by atoms with E-state index in [4.69, 9.17) is 0 Å². The highest BCUT2D eigenvalue weighted by molar-refractivity contribution is 7.89. The Hall–Kier alpha value is -0.880. The van der Waals surface area contributed by atoms with Crippen LogP contribution in [-0.4, -0.2) is 35.5 Å². The molecular formula is C11H21N3O2S. The Labute approximate surface area is 103 Å². The van der Waals surface area contributed by atoms with E-state index in [2.05, 4.69) is 17.1 Å². The number of nitrogens with one attached hydrogen (secondary N) is 1. The first-order valence-electron chi connectivity index (χ1n) is 6.04. The van der Waals surface area contributed by atoms with Crippen molar-refractivity contribution < 1.29 is 8.42 Å². The van der Waals surface area contributed by atoms with Crippen molar-refractivity contribution in [1.29, 1.82) is 0 Å². The summed E-state index contributed by atoms with van der Waals surface area (Å²) in [5.74, 6) is 0. The predicted octanol–water partition coefficient (Wildman–Crippen LogP) is 2.00. The SMILES string of the molecule is CCCCN(C(C)CC)S(=O)(=O)c1cn[nH]c1. The van der Waals surface area contributed by atoms with Gasteiger partial charge >= 0.3 is 0 Å². The van der Waals surface area contributed by atoms with Crippen molar-refractivity contribution in [3.05, 3.63) is 12.4 Å². The minimum atomic E-state index is -3.40. The highest BCUT2D eigenvalue weighted by Crippen LogP contribution is 2.19. The van der Waals surface area contributed by atoms with Gasteiger partial charge in [-0.05, 0) is 19.8 Å². The number of aromatic amines is 1. The Bertz CT molecular complexity index is 414. The van der Waals surface area contributed by atoms with Crippen LogP contribution in [0.1, 0.15) is 40.0 Å². The Kier molecular flexibility index (Phi) is 5.14. The Morgan fingerprint density at radius 1 is 1.47 bits per heavy atom. The lowest BCUT2D eigenvalue weighted by Crippen LogP contribution is -2.38. The summed E-state index contributed by atoms with van der Waals surface area (Å²) in [6, 6.07) is 0.0152. The summed E-state index contributed by atoms with van der Waals surface area (Å²) in [5.41, 5.74) is 0. The van der Waals surface area contributed by atoms with Gasteiger partial charge in [-0.3, -0.25) is 5.10 Å². The number of nitrogens with zero attached hydrogens (tertiary/aromatic N) is 2. The van der Waals surface area contributed by atoms with Crippen LogP contribution in [0.5, 0.6) is 0 Å². The second-order valence-electron chi connectivity index (χ2n) is 4.16. The second kappa shape index (κ2) is 6.16. The lowest BCUT2D eigenvalue weighted by atomic mass is 10.2. The van der Waals surface area contributed by atoms with Crippen molar-refractivity contribution in [1.82, 2.24) is 14.5 Å². The van der Waals surface area contributed by atoms with Crippen molar-refractivity contribution in [3.8, 4) is 0 Å². The molecule has 1 atom stereocenters. The largest absolute Gasteiger partial charge is 0.284 e. The van der Waals surface area contributed by atoms with E-state index in [-0.39, 0.29) is 10.9 Å². The van der Waals surface area contributed by atoms with Gasteiger partial charge in [0.05, 0.1) is 6.20 Å². The van der Waals surface area contributed by atoms with Crippen LogP contribution in [0.4, 0.5) is 0 Å². The van der Waals surface area contributed by atoms with E-state index in [1.54, 1.807) is 4.31 Å². The molecule has 1 N–H and O–H groups in total. The fraction of sp³-hybridized carbons (Fsp3) is 0.727. The van der Waals surface area contributed by atoms with E-state index in [0.717, 1.165) is 19.3 Å². The lowest BCUT2D eigenvalue weighted by Gasteiger charge is -2.26. The topological polar surface area (TPSA) is 66.1 Å². The number of hydrogen-bond donors (Lipinski definition) is 1. The van der Waals surface area contributed by atoms with E-state index in [1.807, 2.05) is 13.8 Å². The molecule has 98 valence electrons. The molecule has 1 unspecified atom stereocenters. The lowest BCUT2D eigenvalue weighted by molar-refractivity contribution is 0.324. The first-order chi connectivity index (χ1) is 8.04. The zero-order valence-corrected chi connectivity index (χ0v) is 11.5. The summed E-state index contributed by atoms with van der Waals surface area (Å²) < 4.78 is 26.3. The molecule has 0 amide bonds. The number of H-pyrrole nitrogens is 1. The highest BCUT2D eigenvalue weighted by atomic mass is 32.2. The third-order valence-corrected chi connectivity index (χ3v) is 4.87. The van der Waals surface area contributed by atoms with E-state index in [1.165, 1.54) is 12.4 Å². The van der Waals surface area contributed by atoms with Gasteiger partial charge in [-0.2, -0.15) is 9.40 Å². The molecule has 0 radical (unpaired) electrons. The molecule has 0 fully saturated rings. The van der Waals surface area contributed by atoms with Crippen molar-refractivity contribution in [3.63, 3.8) is 0 Å². The van der Waals surface area contributed by atoms with Crippen molar-refractivity contribution in [2.75, 3.05) is 6.54 Å². The summed E-state index contributed by atoms with van der Waals surface area (Å²) in [5, 5.41) is 6.25. The van der Waals surface area contributed by atoms with Gasteiger partial charge in [0.15, 0.2) is 0 Å². The standard InChI is InChI=1S/C11H21N3O2S/c1-4-6-7-14(10(3)5-2)17(15,16)11-8-12-13-9-11/h8-10H,4-7H2,1-3H3,(H,12,13). The average molecular weight is 259 g/mol. The normalized spacial score (nSPS) is 14.1. The molecule has 1 rings (SSSR count). The third kappa shape index (κ3) is 3.29. The molecule has 0 aliphatic carbocycles. The maximum Gasteiger partial charge on any atom is 0.246 e. The average Bonchev–Trinajstić information content (AvgIpc) is 2.83. The van der Waals surface area contributed by atoms with Crippen LogP contribution in [0, 0.1) is 0 Å². The molecule has 1 aromatic heterocycles. The van der Waals surface area contributed by atoms with Gasteiger partial charge in [-0.25, -0.2) is 8.42 Å². The smallest absolute Gasteiger partial charge is 0.246 e. The predicted molar refractivity (Wildman–Crippen MR) is 67.1 cm³/mol. The van der Waals surface area contributed by atoms with Gasteiger partial charge in [-0.15, -0.1) is 0 Å². The minimum Gasteiger partial charge on any atom is -0.284 e. The van der Waals surface area contributed by atoms with Gasteiger partial charge in [0.25, 0.3) is 0 Å². The zero-order valence-electron chi connectivity index (χ0n) is 10.7. The summed E-state index contributed by atoms with van der Waals surface area (Å²) in [4.78, 5) is 0.244. The molecule has 0 aromatic carbocycles. The van der Waals surface area contributed by atoms with Gasteiger partial charge in [0, 0.05) is 18.8 Å². The van der Waals surface area contributed by atoms with Crippen LogP contribution in [-0.2, 0) is 10.0 Å². The summed E-state index contributed by atoms with van der Waals surface area (Å²) >= 11 is 0. The first kappa shape index (κ1) is 14.2. The third-order valence-electron chi connectivity index (χ3n) is 2.89. The van der Waals surface area contributed by atoms with Crippen molar-refractivity contribution in [2.24, 2.45) is 0 Å². The van der Waals surface area contributed by atoms with E-state index < -0.39 is 10.0 Å². The summed E-state index contributed by atoms with van der Waals surface area (Å²) in [7, 11) is -3.40. The van der Waals surface area contributed by atoms with E-state index >= 15 is 0 Å². The maximum atomic E-state index is 12.4. The van der Waals surface area contributed by atoms with Crippen LogP contribution < -0.4 is 0 Å². The van der Waals surface area contributed by atoms with Crippen LogP contribution in [0.15, 0.2) is 17.3 Å². The molecule has 0 saturated heterocycles. The Morgan fingerprint density at radius 2 is 2.18 bits per heavy atom. The maximum absolute atomic E-state index is 12.4. The van der Waals surface area contributed by atoms with Gasteiger partial charge in [0.1, 0.15) is 4.90 Å². The van der Waals surface area contributed by atoms with Gasteiger partial charge < -0.3 is 0 Å².